The van der Waals surface area contributed by atoms with Gasteiger partial charge in [-0.3, -0.25) is 0 Å². The summed E-state index contributed by atoms with van der Waals surface area (Å²) in [6.07, 6.45) is 12.2. The molecule has 6 heteroatoms. The molecule has 0 radical (unpaired) electrons. The number of hydrogen-bond donors (Lipinski definition) is 1. The first-order chi connectivity index (χ1) is 17.6. The van der Waals surface area contributed by atoms with Crippen LogP contribution in [0.4, 0.5) is 4.79 Å². The third-order valence-corrected chi connectivity index (χ3v) is 5.78. The van der Waals surface area contributed by atoms with Gasteiger partial charge in [-0.1, -0.05) is 54.9 Å². The fourth-order valence-electron chi connectivity index (χ4n) is 3.54. The third-order valence-electron chi connectivity index (χ3n) is 5.78. The Morgan fingerprint density at radius 1 is 0.973 bits per heavy atom. The van der Waals surface area contributed by atoms with E-state index < -0.39 is 18.1 Å². The molecule has 6 nitrogen and oxygen atoms in total. The second-order valence-corrected chi connectivity index (χ2v) is 9.82. The summed E-state index contributed by atoms with van der Waals surface area (Å²) in [5.74, 6) is 0.0148. The molecule has 0 aliphatic carbocycles. The Balaban J connectivity index is 2.59. The minimum atomic E-state index is -0.835. The summed E-state index contributed by atoms with van der Waals surface area (Å²) < 4.78 is 16.2. The number of methoxy groups -OCH3 is 1. The molecule has 1 rings (SSSR count). The van der Waals surface area contributed by atoms with Gasteiger partial charge in [0.2, 0.25) is 0 Å². The molecule has 204 valence electrons. The van der Waals surface area contributed by atoms with Gasteiger partial charge >= 0.3 is 12.1 Å². The summed E-state index contributed by atoms with van der Waals surface area (Å²) in [7, 11) is 1.50. The molecule has 0 fully saturated rings. The topological polar surface area (TPSA) is 73.9 Å². The molecule has 0 unspecified atom stereocenters. The molecule has 1 N–H and O–H groups in total. The highest BCUT2D eigenvalue weighted by Gasteiger charge is 2.26. The largest absolute Gasteiger partial charge is 0.493 e. The highest BCUT2D eigenvalue weighted by molar-refractivity contribution is 5.82. The Hall–Kier alpha value is -3.28. The standard InChI is InChI=1S/C31H45NO5/c1-9-12-26-17-18-27(28(21-26)35-8)37-31(34)32-29(23(4)5)30(33)36-20-19-25(7)16-11-15-24(6)14-10-13-22(2)3/h9,13,15,17-19,21,23,29H,1,10-12,14,16,20H2,2-8H3,(H,32,34)/t29-/m0/s1. The second kappa shape index (κ2) is 17.2. The van der Waals surface area contributed by atoms with E-state index in [0.717, 1.165) is 36.8 Å². The molecule has 0 spiro atoms. The van der Waals surface area contributed by atoms with E-state index in [-0.39, 0.29) is 18.3 Å². The van der Waals surface area contributed by atoms with Crippen LogP contribution in [0.15, 0.2) is 65.8 Å². The van der Waals surface area contributed by atoms with E-state index in [4.69, 9.17) is 14.2 Å². The maximum absolute atomic E-state index is 12.7. The molecule has 0 saturated heterocycles. The van der Waals surface area contributed by atoms with E-state index >= 15 is 0 Å². The summed E-state index contributed by atoms with van der Waals surface area (Å²) in [5, 5.41) is 2.62. The van der Waals surface area contributed by atoms with Crippen molar-refractivity contribution in [2.75, 3.05) is 13.7 Å². The van der Waals surface area contributed by atoms with Crippen LogP contribution in [0, 0.1) is 5.92 Å². The lowest BCUT2D eigenvalue weighted by molar-refractivity contribution is -0.145. The van der Waals surface area contributed by atoms with Crippen LogP contribution in [0.25, 0.3) is 0 Å². The number of hydrogen-bond acceptors (Lipinski definition) is 5. The first kappa shape index (κ1) is 31.7. The highest BCUT2D eigenvalue weighted by Crippen LogP contribution is 2.28. The van der Waals surface area contributed by atoms with Crippen LogP contribution in [0.3, 0.4) is 0 Å². The van der Waals surface area contributed by atoms with Gasteiger partial charge in [-0.2, -0.15) is 0 Å². The smallest absolute Gasteiger partial charge is 0.413 e. The van der Waals surface area contributed by atoms with Gasteiger partial charge in [0.1, 0.15) is 12.6 Å². The molecular formula is C31H45NO5. The maximum atomic E-state index is 12.7. The molecular weight excluding hydrogens is 466 g/mol. The van der Waals surface area contributed by atoms with Gasteiger partial charge in [-0.15, -0.1) is 6.58 Å². The molecule has 0 saturated carbocycles. The number of ether oxygens (including phenoxy) is 3. The van der Waals surface area contributed by atoms with Crippen LogP contribution in [0.5, 0.6) is 11.5 Å². The van der Waals surface area contributed by atoms with Crippen molar-refractivity contribution in [1.29, 1.82) is 0 Å². The Morgan fingerprint density at radius 3 is 2.22 bits per heavy atom. The monoisotopic (exact) mass is 511 g/mol. The van der Waals surface area contributed by atoms with Crippen molar-refractivity contribution in [3.05, 3.63) is 71.4 Å². The zero-order valence-corrected chi connectivity index (χ0v) is 23.7. The number of benzene rings is 1. The van der Waals surface area contributed by atoms with E-state index in [2.05, 4.69) is 44.8 Å². The highest BCUT2D eigenvalue weighted by atomic mass is 16.6. The Morgan fingerprint density at radius 2 is 1.62 bits per heavy atom. The molecule has 0 bridgehead atoms. The molecule has 1 atom stereocenters. The van der Waals surface area contributed by atoms with Crippen LogP contribution in [-0.4, -0.2) is 31.8 Å². The summed E-state index contributed by atoms with van der Waals surface area (Å²) in [4.78, 5) is 25.2. The van der Waals surface area contributed by atoms with Gasteiger partial charge in [-0.25, -0.2) is 9.59 Å². The van der Waals surface area contributed by atoms with Gasteiger partial charge in [0.05, 0.1) is 7.11 Å². The fraction of sp³-hybridized carbons (Fsp3) is 0.484. The van der Waals surface area contributed by atoms with E-state index in [1.807, 2.05) is 32.9 Å². The predicted octanol–water partition coefficient (Wildman–Crippen LogP) is 7.50. The predicted molar refractivity (Wildman–Crippen MR) is 151 cm³/mol. The van der Waals surface area contributed by atoms with Gasteiger partial charge < -0.3 is 19.5 Å². The quantitative estimate of drug-likeness (QED) is 0.195. The van der Waals surface area contributed by atoms with Crippen LogP contribution >= 0.6 is 0 Å². The van der Waals surface area contributed by atoms with Crippen molar-refractivity contribution >= 4 is 12.1 Å². The Bertz CT molecular complexity index is 983. The maximum Gasteiger partial charge on any atom is 0.413 e. The van der Waals surface area contributed by atoms with E-state index in [1.165, 1.54) is 18.3 Å². The molecule has 1 aromatic carbocycles. The van der Waals surface area contributed by atoms with Gasteiger partial charge in [0, 0.05) is 0 Å². The van der Waals surface area contributed by atoms with Crippen molar-refractivity contribution in [1.82, 2.24) is 5.32 Å². The summed E-state index contributed by atoms with van der Waals surface area (Å²) in [5.41, 5.74) is 4.88. The first-order valence-corrected chi connectivity index (χ1v) is 12.9. The molecule has 0 aliphatic rings. The lowest BCUT2D eigenvalue weighted by atomic mass is 10.1. The number of carbonyl (C=O) groups excluding carboxylic acids is 2. The van der Waals surface area contributed by atoms with Crippen LogP contribution in [0.2, 0.25) is 0 Å². The van der Waals surface area contributed by atoms with E-state index in [9.17, 15) is 9.59 Å². The SMILES string of the molecule is C=CCc1ccc(OC(=O)N[C@H](C(=O)OCC=C(C)CCC=C(C)CCC=C(C)C)C(C)C)c(OC)c1. The van der Waals surface area contributed by atoms with Crippen LogP contribution < -0.4 is 14.8 Å². The van der Waals surface area contributed by atoms with E-state index in [0.29, 0.717) is 12.2 Å². The Kier molecular flexibility index (Phi) is 14.8. The third kappa shape index (κ3) is 13.0. The zero-order valence-electron chi connectivity index (χ0n) is 23.7. The average Bonchev–Trinajstić information content (AvgIpc) is 2.83. The molecule has 1 amide bonds. The van der Waals surface area contributed by atoms with Crippen molar-refractivity contribution in [3.8, 4) is 11.5 Å². The number of esters is 1. The lowest BCUT2D eigenvalue weighted by Crippen LogP contribution is -2.46. The normalized spacial score (nSPS) is 12.5. The molecule has 0 heterocycles. The van der Waals surface area contributed by atoms with Gasteiger partial charge in [-0.05, 0) is 89.5 Å². The minimum absolute atomic E-state index is 0.159. The second-order valence-electron chi connectivity index (χ2n) is 9.82. The first-order valence-electron chi connectivity index (χ1n) is 12.9. The van der Waals surface area contributed by atoms with Crippen molar-refractivity contribution < 1.29 is 23.8 Å². The van der Waals surface area contributed by atoms with Gasteiger partial charge in [0.15, 0.2) is 11.5 Å². The van der Waals surface area contributed by atoms with Crippen LogP contribution in [0.1, 0.15) is 72.8 Å². The molecule has 1 aromatic rings. The number of carbonyl (C=O) groups is 2. The summed E-state index contributed by atoms with van der Waals surface area (Å²) in [6.45, 7) is 16.0. The zero-order chi connectivity index (χ0) is 27.8. The van der Waals surface area contributed by atoms with E-state index in [1.54, 1.807) is 18.2 Å². The van der Waals surface area contributed by atoms with Gasteiger partial charge in [0.25, 0.3) is 0 Å². The molecule has 0 aliphatic heterocycles. The van der Waals surface area contributed by atoms with Crippen molar-refractivity contribution in [3.63, 3.8) is 0 Å². The van der Waals surface area contributed by atoms with Crippen molar-refractivity contribution in [2.24, 2.45) is 5.92 Å². The average molecular weight is 512 g/mol. The van der Waals surface area contributed by atoms with Crippen LogP contribution in [-0.2, 0) is 16.0 Å². The minimum Gasteiger partial charge on any atom is -0.493 e. The Labute approximate surface area is 223 Å². The molecule has 37 heavy (non-hydrogen) atoms. The fourth-order valence-corrected chi connectivity index (χ4v) is 3.54. The number of nitrogens with one attached hydrogen (secondary N) is 1. The lowest BCUT2D eigenvalue weighted by Gasteiger charge is -2.20. The molecule has 0 aromatic heterocycles. The number of allylic oxidation sites excluding steroid dienone is 6. The summed E-state index contributed by atoms with van der Waals surface area (Å²) >= 11 is 0. The van der Waals surface area contributed by atoms with Crippen molar-refractivity contribution in [2.45, 2.75) is 79.7 Å². The number of rotatable bonds is 15. The number of amides is 1. The summed E-state index contributed by atoms with van der Waals surface area (Å²) in [6, 6.07) is 4.44.